The molecule has 12 aromatic rings. The van der Waals surface area contributed by atoms with Crippen LogP contribution in [0, 0.1) is 45.3 Å². The van der Waals surface area contributed by atoms with Gasteiger partial charge in [0, 0.05) is 49.5 Å². The van der Waals surface area contributed by atoms with Crippen molar-refractivity contribution in [1.82, 2.24) is 19.1 Å². The van der Waals surface area contributed by atoms with Gasteiger partial charge in [-0.1, -0.05) is 115 Å². The molecule has 9 aromatic carbocycles. The van der Waals surface area contributed by atoms with Crippen LogP contribution >= 0.6 is 0 Å². The summed E-state index contributed by atoms with van der Waals surface area (Å²) in [5, 5.41) is 44.7. The highest BCUT2D eigenvalue weighted by Crippen LogP contribution is 2.39. The van der Waals surface area contributed by atoms with E-state index < -0.39 is 0 Å². The highest BCUT2D eigenvalue weighted by Gasteiger charge is 2.20. The van der Waals surface area contributed by atoms with Crippen molar-refractivity contribution in [2.45, 2.75) is 0 Å². The van der Waals surface area contributed by atoms with E-state index in [1.165, 1.54) is 10.8 Å². The Kier molecular flexibility index (Phi) is 9.86. The van der Waals surface area contributed by atoms with Crippen molar-refractivity contribution in [1.29, 1.82) is 21.0 Å². The molecular weight excluding hydrogens is 857 g/mol. The summed E-state index contributed by atoms with van der Waals surface area (Å²) in [7, 11) is 0. The predicted molar refractivity (Wildman–Crippen MR) is 277 cm³/mol. The fourth-order valence-electron chi connectivity index (χ4n) is 9.71. The summed E-state index contributed by atoms with van der Waals surface area (Å²) in [5.41, 5.74) is 15.3. The van der Waals surface area contributed by atoms with Crippen LogP contribution in [0.4, 0.5) is 0 Å². The Labute approximate surface area is 402 Å². The minimum atomic E-state index is 0.456. The second kappa shape index (κ2) is 16.8. The number of hydrogen-bond acceptors (Lipinski definition) is 6. The fraction of sp³-hybridized carbons (Fsp3) is 0. The van der Waals surface area contributed by atoms with E-state index in [9.17, 15) is 21.0 Å². The standard InChI is InChI=1S/C62H34N8/c63-35-39-13-17-44(18-14-39)55-34-56(68-62(67-55)46-19-15-40(36-64)16-20-46)45-27-23-42(24-28-45)41-21-25-43(26-22-41)53-31-48(38-66)61(32-47(53)37-65)70-59-12-6-3-9-52(59)54-33-49(29-30-60(54)70)69-57-10-4-1-7-50(57)51-8-2-5-11-58(51)69/h1-34H. The molecule has 0 aliphatic rings. The molecular formula is C62H34N8. The van der Waals surface area contributed by atoms with Crippen molar-refractivity contribution >= 4 is 43.6 Å². The SMILES string of the molecule is N#Cc1ccc(-c2cc(-c3ccc(-c4ccc(-c5cc(C#N)c(-n6c7ccccc7c7cc(-n8c9ccccc9c9ccccc98)ccc76)cc5C#N)cc4)cc3)nc(-c3ccc(C#N)cc3)n2)cc1. The zero-order chi connectivity index (χ0) is 47.3. The largest absolute Gasteiger partial charge is 0.309 e. The van der Waals surface area contributed by atoms with Crippen LogP contribution in [-0.2, 0) is 0 Å². The molecule has 12 rings (SSSR count). The molecule has 0 atom stereocenters. The first kappa shape index (κ1) is 41.1. The first-order valence-electron chi connectivity index (χ1n) is 22.6. The minimum absolute atomic E-state index is 0.456. The van der Waals surface area contributed by atoms with Gasteiger partial charge in [-0.25, -0.2) is 9.97 Å². The highest BCUT2D eigenvalue weighted by molar-refractivity contribution is 6.12. The number of fused-ring (bicyclic) bond motifs is 6. The van der Waals surface area contributed by atoms with Crippen LogP contribution in [-0.4, -0.2) is 19.1 Å². The van der Waals surface area contributed by atoms with Crippen molar-refractivity contribution in [2.75, 3.05) is 0 Å². The summed E-state index contributed by atoms with van der Waals surface area (Å²) >= 11 is 0. The maximum absolute atomic E-state index is 10.8. The minimum Gasteiger partial charge on any atom is -0.309 e. The molecule has 0 N–H and O–H groups in total. The fourth-order valence-corrected chi connectivity index (χ4v) is 9.71. The van der Waals surface area contributed by atoms with Gasteiger partial charge in [-0.3, -0.25) is 0 Å². The second-order valence-corrected chi connectivity index (χ2v) is 17.1. The van der Waals surface area contributed by atoms with Crippen LogP contribution in [0.25, 0.3) is 111 Å². The van der Waals surface area contributed by atoms with E-state index in [1.807, 2.05) is 91.0 Å². The average molecular weight is 891 g/mol. The first-order valence-corrected chi connectivity index (χ1v) is 22.6. The van der Waals surface area contributed by atoms with Crippen LogP contribution in [0.2, 0.25) is 0 Å². The highest BCUT2D eigenvalue weighted by atomic mass is 15.0. The molecule has 0 aliphatic heterocycles. The van der Waals surface area contributed by atoms with Crippen LogP contribution in [0.3, 0.4) is 0 Å². The van der Waals surface area contributed by atoms with E-state index in [-0.39, 0.29) is 0 Å². The second-order valence-electron chi connectivity index (χ2n) is 17.1. The third kappa shape index (κ3) is 6.90. The molecule has 3 aromatic heterocycles. The van der Waals surface area contributed by atoms with Crippen LogP contribution in [0.1, 0.15) is 22.3 Å². The zero-order valence-electron chi connectivity index (χ0n) is 37.2. The summed E-state index contributed by atoms with van der Waals surface area (Å²) in [6.07, 6.45) is 0. The topological polar surface area (TPSA) is 131 Å². The van der Waals surface area contributed by atoms with Gasteiger partial charge in [0.15, 0.2) is 5.82 Å². The number of aromatic nitrogens is 4. The Morgan fingerprint density at radius 1 is 0.329 bits per heavy atom. The third-order valence-electron chi connectivity index (χ3n) is 13.1. The van der Waals surface area contributed by atoms with Crippen molar-refractivity contribution in [3.8, 4) is 91.8 Å². The van der Waals surface area contributed by atoms with Gasteiger partial charge >= 0.3 is 0 Å². The predicted octanol–water partition coefficient (Wildman–Crippen LogP) is 14.5. The monoisotopic (exact) mass is 890 g/mol. The third-order valence-corrected chi connectivity index (χ3v) is 13.1. The number of benzene rings is 9. The van der Waals surface area contributed by atoms with E-state index in [2.05, 4.69) is 124 Å². The van der Waals surface area contributed by atoms with Crippen molar-refractivity contribution in [2.24, 2.45) is 0 Å². The van der Waals surface area contributed by atoms with Crippen molar-refractivity contribution < 1.29 is 0 Å². The lowest BCUT2D eigenvalue weighted by atomic mass is 9.94. The quantitative estimate of drug-likeness (QED) is 0.157. The number of rotatable bonds is 7. The summed E-state index contributed by atoms with van der Waals surface area (Å²) < 4.78 is 4.42. The van der Waals surface area contributed by atoms with Crippen LogP contribution < -0.4 is 0 Å². The summed E-state index contributed by atoms with van der Waals surface area (Å²) in [6, 6.07) is 77.3. The van der Waals surface area contributed by atoms with E-state index >= 15 is 0 Å². The Hall–Kier alpha value is -10.4. The number of para-hydroxylation sites is 3. The van der Waals surface area contributed by atoms with Gasteiger partial charge in [0.25, 0.3) is 0 Å². The van der Waals surface area contributed by atoms with Gasteiger partial charge in [0.2, 0.25) is 0 Å². The molecule has 322 valence electrons. The normalized spacial score (nSPS) is 11.1. The lowest BCUT2D eigenvalue weighted by molar-refractivity contribution is 1.15. The maximum Gasteiger partial charge on any atom is 0.160 e. The van der Waals surface area contributed by atoms with Gasteiger partial charge in [0.1, 0.15) is 6.07 Å². The van der Waals surface area contributed by atoms with E-state index in [0.717, 1.165) is 77.6 Å². The molecule has 0 unspecified atom stereocenters. The Morgan fingerprint density at radius 3 is 1.30 bits per heavy atom. The molecule has 70 heavy (non-hydrogen) atoms. The number of nitriles is 4. The zero-order valence-corrected chi connectivity index (χ0v) is 37.2. The lowest BCUT2D eigenvalue weighted by Crippen LogP contribution is -2.00. The van der Waals surface area contributed by atoms with Crippen molar-refractivity contribution in [3.63, 3.8) is 0 Å². The van der Waals surface area contributed by atoms with E-state index in [0.29, 0.717) is 45.0 Å². The molecule has 0 spiro atoms. The van der Waals surface area contributed by atoms with Gasteiger partial charge in [-0.15, -0.1) is 0 Å². The van der Waals surface area contributed by atoms with Crippen LogP contribution in [0.5, 0.6) is 0 Å². The molecule has 0 bridgehead atoms. The Morgan fingerprint density at radius 2 is 0.771 bits per heavy atom. The van der Waals surface area contributed by atoms with Crippen LogP contribution in [0.15, 0.2) is 206 Å². The van der Waals surface area contributed by atoms with Gasteiger partial charge in [-0.2, -0.15) is 21.0 Å². The van der Waals surface area contributed by atoms with Gasteiger partial charge in [-0.05, 0) is 108 Å². The summed E-state index contributed by atoms with van der Waals surface area (Å²) in [5.74, 6) is 0.519. The molecule has 0 aliphatic carbocycles. The molecule has 0 saturated heterocycles. The first-order chi connectivity index (χ1) is 34.5. The van der Waals surface area contributed by atoms with Gasteiger partial charge in [0.05, 0.1) is 79.6 Å². The molecule has 0 saturated carbocycles. The molecule has 0 amide bonds. The molecule has 3 heterocycles. The van der Waals surface area contributed by atoms with Crippen molar-refractivity contribution in [3.05, 3.63) is 229 Å². The Balaban J connectivity index is 0.882. The molecule has 0 fully saturated rings. The number of hydrogen-bond donors (Lipinski definition) is 0. The molecule has 8 nitrogen and oxygen atoms in total. The summed E-state index contributed by atoms with van der Waals surface area (Å²) in [6.45, 7) is 0. The lowest BCUT2D eigenvalue weighted by Gasteiger charge is -2.14. The van der Waals surface area contributed by atoms with E-state index in [4.69, 9.17) is 9.97 Å². The summed E-state index contributed by atoms with van der Waals surface area (Å²) in [4.78, 5) is 9.83. The molecule has 8 heteroatoms. The average Bonchev–Trinajstić information content (AvgIpc) is 3.95. The van der Waals surface area contributed by atoms with E-state index in [1.54, 1.807) is 24.3 Å². The van der Waals surface area contributed by atoms with Gasteiger partial charge < -0.3 is 9.13 Å². The Bertz CT molecular complexity index is 4120. The smallest absolute Gasteiger partial charge is 0.160 e. The molecule has 0 radical (unpaired) electrons. The maximum atomic E-state index is 10.8. The number of nitrogens with zero attached hydrogens (tertiary/aromatic N) is 8.